The fourth-order valence-electron chi connectivity index (χ4n) is 4.10. The van der Waals surface area contributed by atoms with Gasteiger partial charge >= 0.3 is 0 Å². The van der Waals surface area contributed by atoms with E-state index in [4.69, 9.17) is 27.9 Å². The topological polar surface area (TPSA) is 72.3 Å². The van der Waals surface area contributed by atoms with Crippen LogP contribution >= 0.6 is 23.2 Å². The van der Waals surface area contributed by atoms with Crippen LogP contribution in [0, 0.1) is 0 Å². The number of rotatable bonds is 2. The Labute approximate surface area is 177 Å². The van der Waals surface area contributed by atoms with Crippen LogP contribution in [0.25, 0.3) is 5.69 Å². The van der Waals surface area contributed by atoms with Gasteiger partial charge in [0.1, 0.15) is 5.82 Å². The first-order chi connectivity index (χ1) is 14.0. The van der Waals surface area contributed by atoms with Crippen LogP contribution in [0.1, 0.15) is 27.6 Å². The third kappa shape index (κ3) is 2.69. The number of nitrogens with one attached hydrogen (secondary N) is 1. The fourth-order valence-corrected chi connectivity index (χ4v) is 4.54. The van der Waals surface area contributed by atoms with E-state index >= 15 is 0 Å². The first kappa shape index (κ1) is 18.6. The maximum absolute atomic E-state index is 12.1. The van der Waals surface area contributed by atoms with Gasteiger partial charge in [-0.1, -0.05) is 41.4 Å². The third-order valence-electron chi connectivity index (χ3n) is 5.34. The lowest BCUT2D eigenvalue weighted by Gasteiger charge is -2.37. The quantitative estimate of drug-likeness (QED) is 0.677. The molecule has 0 saturated carbocycles. The van der Waals surface area contributed by atoms with Crippen LogP contribution in [-0.2, 0) is 17.0 Å². The highest BCUT2D eigenvalue weighted by molar-refractivity contribution is 6.31. The molecule has 2 aliphatic rings. The largest absolute Gasteiger partial charge is 0.352 e. The Balaban J connectivity index is 1.81. The zero-order valence-electron chi connectivity index (χ0n) is 15.5. The average Bonchev–Trinajstić information content (AvgIpc) is 3.31. The molecule has 1 amide bonds. The van der Waals surface area contributed by atoms with Gasteiger partial charge in [0.05, 0.1) is 18.8 Å². The van der Waals surface area contributed by atoms with Crippen molar-refractivity contribution in [1.82, 2.24) is 25.0 Å². The lowest BCUT2D eigenvalue weighted by atomic mass is 9.91. The van der Waals surface area contributed by atoms with Crippen molar-refractivity contribution in [3.8, 4) is 5.69 Å². The Bertz CT molecular complexity index is 1130. The molecular weight excluding hydrogens is 413 g/mol. The van der Waals surface area contributed by atoms with Crippen molar-refractivity contribution in [2.24, 2.45) is 0 Å². The first-order valence-electron chi connectivity index (χ1n) is 9.17. The lowest BCUT2D eigenvalue weighted by molar-refractivity contribution is -0.0550. The van der Waals surface area contributed by atoms with Gasteiger partial charge in [0.2, 0.25) is 5.82 Å². The first-order valence-corrected chi connectivity index (χ1v) is 9.92. The van der Waals surface area contributed by atoms with Crippen LogP contribution in [0.15, 0.2) is 42.5 Å². The predicted molar refractivity (Wildman–Crippen MR) is 108 cm³/mol. The summed E-state index contributed by atoms with van der Waals surface area (Å²) in [7, 11) is 1.55. The molecule has 1 saturated heterocycles. The standard InChI is InChI=1S/C20H17Cl2N5O2/c1-23-19(28)18-24-17-11-26-8-9-29-20(26,13-4-2-3-5-15(13)22)14-10-12(21)6-7-16(14)27(17)25-18/h2-7,10H,8-9,11H2,1H3,(H,23,28). The summed E-state index contributed by atoms with van der Waals surface area (Å²) in [6.07, 6.45) is 0. The van der Waals surface area contributed by atoms with E-state index < -0.39 is 5.72 Å². The summed E-state index contributed by atoms with van der Waals surface area (Å²) in [6, 6.07) is 13.2. The van der Waals surface area contributed by atoms with Crippen LogP contribution in [0.5, 0.6) is 0 Å². The SMILES string of the molecule is CNC(=O)c1nc2n(n1)-c1ccc(Cl)cc1C1(c3ccccc3Cl)OCCN1C2. The molecule has 0 aliphatic carbocycles. The molecule has 1 unspecified atom stereocenters. The number of benzene rings is 2. The van der Waals surface area contributed by atoms with Gasteiger partial charge in [0.25, 0.3) is 5.91 Å². The minimum absolute atomic E-state index is 0.119. The van der Waals surface area contributed by atoms with E-state index in [2.05, 4.69) is 20.3 Å². The molecule has 9 heteroatoms. The monoisotopic (exact) mass is 429 g/mol. The van der Waals surface area contributed by atoms with Crippen molar-refractivity contribution in [1.29, 1.82) is 0 Å². The number of halogens is 2. The maximum atomic E-state index is 12.1. The Morgan fingerprint density at radius 3 is 2.83 bits per heavy atom. The van der Waals surface area contributed by atoms with E-state index in [0.29, 0.717) is 35.6 Å². The number of hydrogen-bond acceptors (Lipinski definition) is 5. The number of nitrogens with zero attached hydrogens (tertiary/aromatic N) is 4. The minimum atomic E-state index is -0.922. The van der Waals surface area contributed by atoms with Crippen LogP contribution in [-0.4, -0.2) is 45.8 Å². The number of ether oxygens (including phenoxy) is 1. The molecule has 1 fully saturated rings. The second kappa shape index (κ2) is 6.81. The number of carbonyl (C=O) groups is 1. The van der Waals surface area contributed by atoms with Crippen LogP contribution in [0.3, 0.4) is 0 Å². The van der Waals surface area contributed by atoms with Gasteiger partial charge in [-0.05, 0) is 24.3 Å². The van der Waals surface area contributed by atoms with Crippen LogP contribution < -0.4 is 5.32 Å². The number of amides is 1. The molecule has 3 aromatic rings. The molecule has 1 N–H and O–H groups in total. The second-order valence-corrected chi connectivity index (χ2v) is 7.74. The van der Waals surface area contributed by atoms with Gasteiger partial charge in [-0.2, -0.15) is 0 Å². The normalized spacial score (nSPS) is 20.5. The Hall–Kier alpha value is -2.45. The van der Waals surface area contributed by atoms with Crippen molar-refractivity contribution < 1.29 is 9.53 Å². The van der Waals surface area contributed by atoms with E-state index in [1.807, 2.05) is 36.4 Å². The van der Waals surface area contributed by atoms with E-state index in [1.165, 1.54) is 0 Å². The zero-order valence-corrected chi connectivity index (χ0v) is 17.0. The summed E-state index contributed by atoms with van der Waals surface area (Å²) in [5.41, 5.74) is 1.47. The summed E-state index contributed by atoms with van der Waals surface area (Å²) in [6.45, 7) is 1.62. The summed E-state index contributed by atoms with van der Waals surface area (Å²) >= 11 is 13.0. The fraction of sp³-hybridized carbons (Fsp3) is 0.250. The molecule has 0 spiro atoms. The lowest BCUT2D eigenvalue weighted by Crippen LogP contribution is -2.42. The smallest absolute Gasteiger partial charge is 0.290 e. The van der Waals surface area contributed by atoms with E-state index in [9.17, 15) is 4.79 Å². The molecule has 29 heavy (non-hydrogen) atoms. The Kier molecular flexibility index (Phi) is 4.36. The van der Waals surface area contributed by atoms with Gasteiger partial charge < -0.3 is 10.1 Å². The Morgan fingerprint density at radius 2 is 2.03 bits per heavy atom. The van der Waals surface area contributed by atoms with E-state index in [1.54, 1.807) is 17.8 Å². The van der Waals surface area contributed by atoms with Gasteiger partial charge in [-0.25, -0.2) is 9.67 Å². The second-order valence-electron chi connectivity index (χ2n) is 6.90. The predicted octanol–water partition coefficient (Wildman–Crippen LogP) is 2.98. The maximum Gasteiger partial charge on any atom is 0.290 e. The van der Waals surface area contributed by atoms with Crippen LogP contribution in [0.2, 0.25) is 10.0 Å². The van der Waals surface area contributed by atoms with Crippen molar-refractivity contribution in [3.05, 3.63) is 75.3 Å². The number of hydrogen-bond donors (Lipinski definition) is 1. The number of carbonyl (C=O) groups excluding carboxylic acids is 1. The van der Waals surface area contributed by atoms with Crippen molar-refractivity contribution >= 4 is 29.1 Å². The van der Waals surface area contributed by atoms with E-state index in [-0.39, 0.29) is 11.7 Å². The van der Waals surface area contributed by atoms with Gasteiger partial charge in [-0.3, -0.25) is 9.69 Å². The van der Waals surface area contributed by atoms with Crippen LogP contribution in [0.4, 0.5) is 0 Å². The van der Waals surface area contributed by atoms with Crippen molar-refractivity contribution in [2.75, 3.05) is 20.2 Å². The summed E-state index contributed by atoms with van der Waals surface area (Å²) < 4.78 is 8.10. The highest BCUT2D eigenvalue weighted by Gasteiger charge is 2.50. The molecule has 7 nitrogen and oxygen atoms in total. The zero-order chi connectivity index (χ0) is 20.2. The molecule has 148 valence electrons. The van der Waals surface area contributed by atoms with Crippen molar-refractivity contribution in [3.63, 3.8) is 0 Å². The average molecular weight is 430 g/mol. The molecule has 2 aromatic carbocycles. The molecule has 1 aromatic heterocycles. The summed E-state index contributed by atoms with van der Waals surface area (Å²) in [4.78, 5) is 18.8. The third-order valence-corrected chi connectivity index (χ3v) is 5.91. The molecule has 2 aliphatic heterocycles. The molecule has 3 heterocycles. The van der Waals surface area contributed by atoms with E-state index in [0.717, 1.165) is 16.8 Å². The molecule has 5 rings (SSSR count). The van der Waals surface area contributed by atoms with Gasteiger partial charge in [0.15, 0.2) is 5.72 Å². The highest BCUT2D eigenvalue weighted by Crippen LogP contribution is 2.48. The summed E-state index contributed by atoms with van der Waals surface area (Å²) in [5.74, 6) is 0.427. The summed E-state index contributed by atoms with van der Waals surface area (Å²) in [5, 5.41) is 8.21. The molecule has 0 radical (unpaired) electrons. The van der Waals surface area contributed by atoms with Crippen molar-refractivity contribution in [2.45, 2.75) is 12.3 Å². The highest BCUT2D eigenvalue weighted by atomic mass is 35.5. The molecular formula is C20H17Cl2N5O2. The number of aromatic nitrogens is 3. The van der Waals surface area contributed by atoms with Gasteiger partial charge in [0, 0.05) is 34.8 Å². The minimum Gasteiger partial charge on any atom is -0.352 e. The van der Waals surface area contributed by atoms with Gasteiger partial charge in [-0.15, -0.1) is 5.10 Å². The molecule has 1 atom stereocenters. The number of fused-ring (bicyclic) bond motifs is 5. The Morgan fingerprint density at radius 1 is 1.21 bits per heavy atom. The molecule has 0 bridgehead atoms.